The van der Waals surface area contributed by atoms with E-state index >= 15 is 0 Å². The van der Waals surface area contributed by atoms with E-state index in [1.165, 1.54) is 0 Å². The van der Waals surface area contributed by atoms with Gasteiger partial charge in [0.05, 0.1) is 23.5 Å². The lowest BCUT2D eigenvalue weighted by molar-refractivity contribution is 0.0606. The molecule has 3 heterocycles. The molecule has 2 aromatic rings. The highest BCUT2D eigenvalue weighted by Crippen LogP contribution is 2.31. The lowest BCUT2D eigenvalue weighted by Crippen LogP contribution is -2.38. The minimum atomic E-state index is -0.00319. The standard InChI is InChI=1S/C15H20N6O/c1-16-15-17-7-6-12(19-15)13-5-3-4-8-21(13)14(22)11-9-18-20(2)10-11/h6-7,9-10,13H,3-5,8H2,1-2H3,(H,16,17,19). The van der Waals surface area contributed by atoms with Gasteiger partial charge in [0, 0.05) is 33.0 Å². The third-order valence-electron chi connectivity index (χ3n) is 3.96. The van der Waals surface area contributed by atoms with Crippen LogP contribution >= 0.6 is 0 Å². The van der Waals surface area contributed by atoms with Gasteiger partial charge >= 0.3 is 0 Å². The normalized spacial score (nSPS) is 18.3. The molecule has 3 rings (SSSR count). The van der Waals surface area contributed by atoms with E-state index in [1.807, 2.05) is 18.0 Å². The highest BCUT2D eigenvalue weighted by atomic mass is 16.2. The molecule has 0 spiro atoms. The van der Waals surface area contributed by atoms with Crippen molar-refractivity contribution < 1.29 is 4.79 Å². The first-order chi connectivity index (χ1) is 10.7. The van der Waals surface area contributed by atoms with Crippen LogP contribution < -0.4 is 5.32 Å². The van der Waals surface area contributed by atoms with Gasteiger partial charge in [-0.25, -0.2) is 9.97 Å². The van der Waals surface area contributed by atoms with Crippen molar-refractivity contribution in [3.05, 3.63) is 35.9 Å². The SMILES string of the molecule is CNc1nccc(C2CCCCN2C(=O)c2cnn(C)c2)n1. The van der Waals surface area contributed by atoms with Gasteiger partial charge in [-0.3, -0.25) is 9.48 Å². The number of amides is 1. The number of aromatic nitrogens is 4. The number of piperidine rings is 1. The molecule has 0 saturated carbocycles. The van der Waals surface area contributed by atoms with Crippen LogP contribution in [0.25, 0.3) is 0 Å². The second-order valence-corrected chi connectivity index (χ2v) is 5.47. The number of rotatable bonds is 3. The smallest absolute Gasteiger partial charge is 0.257 e. The maximum atomic E-state index is 12.8. The van der Waals surface area contributed by atoms with Gasteiger partial charge in [0.15, 0.2) is 0 Å². The number of aryl methyl sites for hydroxylation is 1. The van der Waals surface area contributed by atoms with Crippen LogP contribution in [0.15, 0.2) is 24.7 Å². The lowest BCUT2D eigenvalue weighted by Gasteiger charge is -2.35. The van der Waals surface area contributed by atoms with Crippen molar-refractivity contribution in [1.82, 2.24) is 24.6 Å². The third-order valence-corrected chi connectivity index (χ3v) is 3.96. The summed E-state index contributed by atoms with van der Waals surface area (Å²) < 4.78 is 1.65. The number of likely N-dealkylation sites (tertiary alicyclic amines) is 1. The van der Waals surface area contributed by atoms with E-state index in [9.17, 15) is 4.79 Å². The van der Waals surface area contributed by atoms with E-state index < -0.39 is 0 Å². The summed E-state index contributed by atoms with van der Waals surface area (Å²) in [6, 6.07) is 1.89. The Hall–Kier alpha value is -2.44. The largest absolute Gasteiger partial charge is 0.357 e. The van der Waals surface area contributed by atoms with E-state index in [2.05, 4.69) is 20.4 Å². The summed E-state index contributed by atoms with van der Waals surface area (Å²) in [4.78, 5) is 23.3. The fourth-order valence-electron chi connectivity index (χ4n) is 2.86. The van der Waals surface area contributed by atoms with Crippen molar-refractivity contribution in [2.45, 2.75) is 25.3 Å². The maximum Gasteiger partial charge on any atom is 0.257 e. The van der Waals surface area contributed by atoms with Crippen molar-refractivity contribution in [1.29, 1.82) is 0 Å². The van der Waals surface area contributed by atoms with Crippen LogP contribution in [0, 0.1) is 0 Å². The number of carbonyl (C=O) groups is 1. The first-order valence-electron chi connectivity index (χ1n) is 7.49. The maximum absolute atomic E-state index is 12.8. The predicted molar refractivity (Wildman–Crippen MR) is 82.4 cm³/mol. The molecule has 1 amide bonds. The molecule has 0 radical (unpaired) electrons. The van der Waals surface area contributed by atoms with Gasteiger partial charge < -0.3 is 10.2 Å². The Kier molecular flexibility index (Phi) is 4.04. The van der Waals surface area contributed by atoms with Crippen molar-refractivity contribution >= 4 is 11.9 Å². The van der Waals surface area contributed by atoms with Crippen molar-refractivity contribution in [2.24, 2.45) is 7.05 Å². The molecule has 0 aromatic carbocycles. The first kappa shape index (κ1) is 14.5. The molecule has 1 unspecified atom stereocenters. The fraction of sp³-hybridized carbons (Fsp3) is 0.467. The highest BCUT2D eigenvalue weighted by Gasteiger charge is 2.30. The van der Waals surface area contributed by atoms with Gasteiger partial charge in [-0.2, -0.15) is 5.10 Å². The Morgan fingerprint density at radius 1 is 1.41 bits per heavy atom. The van der Waals surface area contributed by atoms with Gasteiger partial charge in [-0.05, 0) is 25.3 Å². The van der Waals surface area contributed by atoms with Crippen LogP contribution in [0.3, 0.4) is 0 Å². The highest BCUT2D eigenvalue weighted by molar-refractivity contribution is 5.94. The zero-order chi connectivity index (χ0) is 15.5. The van der Waals surface area contributed by atoms with Gasteiger partial charge in [-0.15, -0.1) is 0 Å². The third kappa shape index (κ3) is 2.79. The van der Waals surface area contributed by atoms with Crippen LogP contribution in [0.1, 0.15) is 41.4 Å². The number of carbonyl (C=O) groups excluding carboxylic acids is 1. The minimum absolute atomic E-state index is 0.00319. The van der Waals surface area contributed by atoms with E-state index in [-0.39, 0.29) is 11.9 Å². The average molecular weight is 300 g/mol. The summed E-state index contributed by atoms with van der Waals surface area (Å²) in [5.41, 5.74) is 1.51. The molecule has 1 atom stereocenters. The van der Waals surface area contributed by atoms with Crippen molar-refractivity contribution in [3.8, 4) is 0 Å². The van der Waals surface area contributed by atoms with Gasteiger partial charge in [0.25, 0.3) is 5.91 Å². The first-order valence-corrected chi connectivity index (χ1v) is 7.49. The molecule has 1 aliphatic heterocycles. The Balaban J connectivity index is 1.89. The summed E-state index contributed by atoms with van der Waals surface area (Å²) in [5, 5.41) is 7.04. The van der Waals surface area contributed by atoms with Gasteiger partial charge in [0.2, 0.25) is 5.95 Å². The number of anilines is 1. The average Bonchev–Trinajstić information content (AvgIpc) is 3.00. The van der Waals surface area contributed by atoms with Gasteiger partial charge in [0.1, 0.15) is 0 Å². The molecule has 1 aliphatic rings. The van der Waals surface area contributed by atoms with Crippen LogP contribution in [0.2, 0.25) is 0 Å². The number of hydrogen-bond donors (Lipinski definition) is 1. The second-order valence-electron chi connectivity index (χ2n) is 5.47. The van der Waals surface area contributed by atoms with Crippen molar-refractivity contribution in [3.63, 3.8) is 0 Å². The van der Waals surface area contributed by atoms with Crippen molar-refractivity contribution in [2.75, 3.05) is 18.9 Å². The lowest BCUT2D eigenvalue weighted by atomic mass is 9.98. The summed E-state index contributed by atoms with van der Waals surface area (Å²) in [6.45, 7) is 0.747. The minimum Gasteiger partial charge on any atom is -0.357 e. The number of nitrogens with one attached hydrogen (secondary N) is 1. The molecular formula is C15H20N6O. The summed E-state index contributed by atoms with van der Waals surface area (Å²) >= 11 is 0. The molecule has 0 bridgehead atoms. The van der Waals surface area contributed by atoms with Crippen LogP contribution in [0.4, 0.5) is 5.95 Å². The zero-order valence-electron chi connectivity index (χ0n) is 12.9. The van der Waals surface area contributed by atoms with Crippen LogP contribution in [-0.4, -0.2) is 44.1 Å². The summed E-state index contributed by atoms with van der Waals surface area (Å²) in [5.74, 6) is 0.597. The molecule has 22 heavy (non-hydrogen) atoms. The predicted octanol–water partition coefficient (Wildman–Crippen LogP) is 1.62. The fourth-order valence-corrected chi connectivity index (χ4v) is 2.86. The van der Waals surface area contributed by atoms with E-state index in [0.29, 0.717) is 11.5 Å². The zero-order valence-corrected chi connectivity index (χ0v) is 12.9. The second kappa shape index (κ2) is 6.13. The molecular weight excluding hydrogens is 280 g/mol. The Bertz CT molecular complexity index is 668. The Morgan fingerprint density at radius 3 is 3.00 bits per heavy atom. The molecule has 7 heteroatoms. The topological polar surface area (TPSA) is 75.9 Å². The van der Waals surface area contributed by atoms with E-state index in [0.717, 1.165) is 31.5 Å². The number of nitrogens with zero attached hydrogens (tertiary/aromatic N) is 5. The monoisotopic (exact) mass is 300 g/mol. The summed E-state index contributed by atoms with van der Waals surface area (Å²) in [6.07, 6.45) is 8.15. The molecule has 116 valence electrons. The molecule has 1 fully saturated rings. The quantitative estimate of drug-likeness (QED) is 0.932. The Morgan fingerprint density at radius 2 is 2.27 bits per heavy atom. The number of hydrogen-bond acceptors (Lipinski definition) is 5. The van der Waals surface area contributed by atoms with E-state index in [1.54, 1.807) is 30.3 Å². The van der Waals surface area contributed by atoms with E-state index in [4.69, 9.17) is 0 Å². The molecule has 1 saturated heterocycles. The molecule has 0 aliphatic carbocycles. The summed E-state index contributed by atoms with van der Waals surface area (Å²) in [7, 11) is 3.60. The van der Waals surface area contributed by atoms with Crippen LogP contribution in [0.5, 0.6) is 0 Å². The van der Waals surface area contributed by atoms with Gasteiger partial charge in [-0.1, -0.05) is 0 Å². The van der Waals surface area contributed by atoms with Crippen LogP contribution in [-0.2, 0) is 7.05 Å². The molecule has 7 nitrogen and oxygen atoms in total. The Labute approximate surface area is 129 Å². The molecule has 1 N–H and O–H groups in total. The molecule has 2 aromatic heterocycles.